The van der Waals surface area contributed by atoms with E-state index in [0.29, 0.717) is 24.3 Å². The molecule has 5 nitrogen and oxygen atoms in total. The van der Waals surface area contributed by atoms with Crippen LogP contribution in [0.25, 0.3) is 0 Å². The van der Waals surface area contributed by atoms with E-state index in [1.54, 1.807) is 18.3 Å². The lowest BCUT2D eigenvalue weighted by molar-refractivity contribution is 0.171. The number of aliphatic hydroxyl groups excluding tert-OH is 1. The molecule has 0 spiro atoms. The minimum Gasteiger partial charge on any atom is -0.486 e. The van der Waals surface area contributed by atoms with Crippen LogP contribution in [0.5, 0.6) is 11.6 Å². The Morgan fingerprint density at radius 2 is 2.39 bits per heavy atom. The topological polar surface area (TPSA) is 54.8 Å². The normalized spacial score (nSPS) is 20.0. The van der Waals surface area contributed by atoms with Gasteiger partial charge in [-0.25, -0.2) is 4.98 Å². The smallest absolute Gasteiger partial charge is 0.257 e. The predicted molar refractivity (Wildman–Crippen MR) is 68.0 cm³/mol. The number of likely N-dealkylation sites (tertiary alicyclic amines) is 1. The first-order chi connectivity index (χ1) is 8.81. The van der Waals surface area contributed by atoms with Crippen molar-refractivity contribution in [3.8, 4) is 11.6 Å². The van der Waals surface area contributed by atoms with Crippen LogP contribution < -0.4 is 9.47 Å². The van der Waals surface area contributed by atoms with Crippen molar-refractivity contribution in [2.24, 2.45) is 0 Å². The van der Waals surface area contributed by atoms with E-state index in [2.05, 4.69) is 16.9 Å². The van der Waals surface area contributed by atoms with Gasteiger partial charge in [0.1, 0.15) is 13.2 Å². The van der Waals surface area contributed by atoms with E-state index in [0.717, 1.165) is 13.0 Å². The summed E-state index contributed by atoms with van der Waals surface area (Å²) in [6, 6.07) is 4.05. The monoisotopic (exact) mass is 252 g/mol. The van der Waals surface area contributed by atoms with Gasteiger partial charge in [-0.05, 0) is 38.6 Å². The molecular weight excluding hydrogens is 232 g/mol. The third kappa shape index (κ3) is 3.34. The molecule has 1 aromatic rings. The summed E-state index contributed by atoms with van der Waals surface area (Å²) >= 11 is 0. The lowest BCUT2D eigenvalue weighted by Crippen LogP contribution is -2.30. The van der Waals surface area contributed by atoms with Crippen LogP contribution in [-0.4, -0.2) is 54.4 Å². The zero-order valence-corrected chi connectivity index (χ0v) is 10.7. The standard InChI is InChI=1S/C13H20N2O3/c1-15-7-3-4-11(15)10-18-13-12(17-9-8-16)5-2-6-14-13/h2,5-6,11,16H,3-4,7-10H2,1H3/t11-/m0/s1. The van der Waals surface area contributed by atoms with Crippen LogP contribution >= 0.6 is 0 Å². The summed E-state index contributed by atoms with van der Waals surface area (Å²) in [6.45, 7) is 2.00. The van der Waals surface area contributed by atoms with Crippen molar-refractivity contribution in [2.45, 2.75) is 18.9 Å². The summed E-state index contributed by atoms with van der Waals surface area (Å²) in [5.41, 5.74) is 0. The summed E-state index contributed by atoms with van der Waals surface area (Å²) in [6.07, 6.45) is 4.07. The van der Waals surface area contributed by atoms with Gasteiger partial charge in [0.15, 0.2) is 5.75 Å². The number of likely N-dealkylation sites (N-methyl/N-ethyl adjacent to an activating group) is 1. The Kier molecular flexibility index (Phi) is 4.78. The van der Waals surface area contributed by atoms with Crippen LogP contribution in [0.4, 0.5) is 0 Å². The van der Waals surface area contributed by atoms with Crippen molar-refractivity contribution < 1.29 is 14.6 Å². The van der Waals surface area contributed by atoms with E-state index in [1.807, 2.05) is 0 Å². The van der Waals surface area contributed by atoms with Crippen molar-refractivity contribution >= 4 is 0 Å². The molecule has 0 saturated carbocycles. The molecule has 0 bridgehead atoms. The van der Waals surface area contributed by atoms with Gasteiger partial charge in [-0.15, -0.1) is 0 Å². The van der Waals surface area contributed by atoms with E-state index in [4.69, 9.17) is 14.6 Å². The molecule has 0 aromatic carbocycles. The van der Waals surface area contributed by atoms with Crippen molar-refractivity contribution in [3.63, 3.8) is 0 Å². The molecular formula is C13H20N2O3. The summed E-state index contributed by atoms with van der Waals surface area (Å²) in [5.74, 6) is 1.10. The molecule has 1 atom stereocenters. The molecule has 2 heterocycles. The highest BCUT2D eigenvalue weighted by molar-refractivity contribution is 5.32. The second-order valence-electron chi connectivity index (χ2n) is 4.47. The predicted octanol–water partition coefficient (Wildman–Crippen LogP) is 0.926. The van der Waals surface area contributed by atoms with Gasteiger partial charge in [-0.1, -0.05) is 0 Å². The summed E-state index contributed by atoms with van der Waals surface area (Å²) in [5, 5.41) is 8.76. The van der Waals surface area contributed by atoms with Crippen LogP contribution in [0.1, 0.15) is 12.8 Å². The first-order valence-corrected chi connectivity index (χ1v) is 6.33. The fraction of sp³-hybridized carbons (Fsp3) is 0.615. The number of hydrogen-bond donors (Lipinski definition) is 1. The number of rotatable bonds is 6. The van der Waals surface area contributed by atoms with Gasteiger partial charge >= 0.3 is 0 Å². The quantitative estimate of drug-likeness (QED) is 0.816. The average molecular weight is 252 g/mol. The Labute approximate surface area is 107 Å². The SMILES string of the molecule is CN1CCC[C@H]1COc1ncccc1OCCO. The van der Waals surface area contributed by atoms with E-state index in [1.165, 1.54) is 6.42 Å². The molecule has 1 N–H and O–H groups in total. The molecule has 1 aliphatic heterocycles. The van der Waals surface area contributed by atoms with E-state index in [9.17, 15) is 0 Å². The van der Waals surface area contributed by atoms with Gasteiger partial charge < -0.3 is 19.5 Å². The number of ether oxygens (including phenoxy) is 2. The Hall–Kier alpha value is -1.33. The first-order valence-electron chi connectivity index (χ1n) is 6.33. The van der Waals surface area contributed by atoms with Crippen LogP contribution in [0.15, 0.2) is 18.3 Å². The van der Waals surface area contributed by atoms with Crippen molar-refractivity contribution in [1.29, 1.82) is 0 Å². The molecule has 0 aliphatic carbocycles. The summed E-state index contributed by atoms with van der Waals surface area (Å²) in [4.78, 5) is 6.47. The molecule has 0 radical (unpaired) electrons. The fourth-order valence-corrected chi connectivity index (χ4v) is 2.11. The highest BCUT2D eigenvalue weighted by atomic mass is 16.5. The third-order valence-corrected chi connectivity index (χ3v) is 3.17. The number of aliphatic hydroxyl groups is 1. The molecule has 0 unspecified atom stereocenters. The summed E-state index contributed by atoms with van der Waals surface area (Å²) in [7, 11) is 2.11. The van der Waals surface area contributed by atoms with Crippen molar-refractivity contribution in [2.75, 3.05) is 33.4 Å². The molecule has 1 aromatic heterocycles. The number of nitrogens with zero attached hydrogens (tertiary/aromatic N) is 2. The molecule has 100 valence electrons. The highest BCUT2D eigenvalue weighted by Crippen LogP contribution is 2.24. The molecule has 2 rings (SSSR count). The number of hydrogen-bond acceptors (Lipinski definition) is 5. The van der Waals surface area contributed by atoms with Gasteiger partial charge in [-0.3, -0.25) is 0 Å². The van der Waals surface area contributed by atoms with Gasteiger partial charge in [0, 0.05) is 12.2 Å². The molecule has 5 heteroatoms. The van der Waals surface area contributed by atoms with Crippen LogP contribution in [0.3, 0.4) is 0 Å². The van der Waals surface area contributed by atoms with Crippen LogP contribution in [-0.2, 0) is 0 Å². The lowest BCUT2D eigenvalue weighted by Gasteiger charge is -2.20. The van der Waals surface area contributed by atoms with E-state index in [-0.39, 0.29) is 13.2 Å². The molecule has 1 saturated heterocycles. The zero-order chi connectivity index (χ0) is 12.8. The Morgan fingerprint density at radius 3 is 3.11 bits per heavy atom. The van der Waals surface area contributed by atoms with Crippen LogP contribution in [0.2, 0.25) is 0 Å². The van der Waals surface area contributed by atoms with Crippen molar-refractivity contribution in [3.05, 3.63) is 18.3 Å². The number of aromatic nitrogens is 1. The van der Waals surface area contributed by atoms with Gasteiger partial charge in [0.05, 0.1) is 6.61 Å². The average Bonchev–Trinajstić information content (AvgIpc) is 2.80. The molecule has 0 amide bonds. The fourth-order valence-electron chi connectivity index (χ4n) is 2.11. The van der Waals surface area contributed by atoms with Crippen molar-refractivity contribution in [1.82, 2.24) is 9.88 Å². The molecule has 1 fully saturated rings. The van der Waals surface area contributed by atoms with Gasteiger partial charge in [-0.2, -0.15) is 0 Å². The molecule has 18 heavy (non-hydrogen) atoms. The van der Waals surface area contributed by atoms with Gasteiger partial charge in [0.2, 0.25) is 0 Å². The first kappa shape index (κ1) is 13.1. The third-order valence-electron chi connectivity index (χ3n) is 3.17. The maximum absolute atomic E-state index is 8.76. The maximum Gasteiger partial charge on any atom is 0.257 e. The number of pyridine rings is 1. The second-order valence-corrected chi connectivity index (χ2v) is 4.47. The Balaban J connectivity index is 1.91. The lowest BCUT2D eigenvalue weighted by atomic mass is 10.2. The minimum atomic E-state index is -0.0142. The molecule has 1 aliphatic rings. The second kappa shape index (κ2) is 6.56. The van der Waals surface area contributed by atoms with Crippen LogP contribution in [0, 0.1) is 0 Å². The summed E-state index contributed by atoms with van der Waals surface area (Å²) < 4.78 is 11.1. The Bertz CT molecular complexity index is 373. The largest absolute Gasteiger partial charge is 0.486 e. The zero-order valence-electron chi connectivity index (χ0n) is 10.7. The highest BCUT2D eigenvalue weighted by Gasteiger charge is 2.22. The van der Waals surface area contributed by atoms with E-state index >= 15 is 0 Å². The van der Waals surface area contributed by atoms with Gasteiger partial charge in [0.25, 0.3) is 5.88 Å². The Morgan fingerprint density at radius 1 is 1.50 bits per heavy atom. The minimum absolute atomic E-state index is 0.0142. The van der Waals surface area contributed by atoms with E-state index < -0.39 is 0 Å². The maximum atomic E-state index is 8.76.